The molecule has 0 aliphatic rings. The molecule has 4 nitrogen and oxygen atoms in total. The second-order valence-corrected chi connectivity index (χ2v) is 5.72. The van der Waals surface area contributed by atoms with E-state index in [9.17, 15) is 4.79 Å². The topological polar surface area (TPSA) is 50.4 Å². The van der Waals surface area contributed by atoms with Crippen molar-refractivity contribution in [1.82, 2.24) is 5.32 Å². The van der Waals surface area contributed by atoms with E-state index in [1.54, 1.807) is 7.11 Å². The zero-order valence-corrected chi connectivity index (χ0v) is 13.9. The molecule has 0 heterocycles. The first-order valence-electron chi connectivity index (χ1n) is 7.77. The van der Waals surface area contributed by atoms with Crippen LogP contribution in [-0.2, 0) is 9.53 Å². The summed E-state index contributed by atoms with van der Waals surface area (Å²) >= 11 is 0. The Bertz CT molecular complexity index is 611. The number of benzene rings is 2. The average Bonchev–Trinajstić information content (AvgIpc) is 2.56. The molecule has 0 fully saturated rings. The zero-order chi connectivity index (χ0) is 16.7. The number of anilines is 1. The van der Waals surface area contributed by atoms with E-state index in [0.29, 0.717) is 6.61 Å². The first-order valence-corrected chi connectivity index (χ1v) is 7.77. The van der Waals surface area contributed by atoms with Gasteiger partial charge in [0.1, 0.15) is 6.04 Å². The lowest BCUT2D eigenvalue weighted by atomic mass is 10.0. The van der Waals surface area contributed by atoms with Gasteiger partial charge in [0.25, 0.3) is 0 Å². The fraction of sp³-hybridized carbons (Fsp3) is 0.316. The Hall–Kier alpha value is -2.17. The molecule has 2 atom stereocenters. The molecule has 0 aliphatic carbocycles. The molecule has 0 spiro atoms. The summed E-state index contributed by atoms with van der Waals surface area (Å²) in [6.45, 7) is 4.56. The minimum Gasteiger partial charge on any atom is -0.383 e. The molecule has 0 aromatic heterocycles. The summed E-state index contributed by atoms with van der Waals surface area (Å²) in [5.74, 6) is -0.0805. The Morgan fingerprint density at radius 3 is 2.35 bits per heavy atom. The summed E-state index contributed by atoms with van der Waals surface area (Å²) in [5.41, 5.74) is 2.89. The van der Waals surface area contributed by atoms with Crippen molar-refractivity contribution in [2.75, 3.05) is 19.0 Å². The molecule has 0 aliphatic heterocycles. The highest BCUT2D eigenvalue weighted by Gasteiger charge is 2.22. The SMILES string of the molecule is COC[C@H](C)N[C@H](C(=O)Nc1ccc(C)cc1)c1ccccc1. The number of ether oxygens (including phenoxy) is 1. The van der Waals surface area contributed by atoms with E-state index in [-0.39, 0.29) is 11.9 Å². The average molecular weight is 312 g/mol. The fourth-order valence-electron chi connectivity index (χ4n) is 2.40. The molecule has 122 valence electrons. The molecular formula is C19H24N2O2. The first kappa shape index (κ1) is 17.2. The lowest BCUT2D eigenvalue weighted by Crippen LogP contribution is -2.40. The molecular weight excluding hydrogens is 288 g/mol. The third kappa shape index (κ3) is 5.20. The maximum Gasteiger partial charge on any atom is 0.246 e. The van der Waals surface area contributed by atoms with Gasteiger partial charge in [-0.15, -0.1) is 0 Å². The highest BCUT2D eigenvalue weighted by molar-refractivity contribution is 5.95. The van der Waals surface area contributed by atoms with Gasteiger partial charge in [0, 0.05) is 18.8 Å². The molecule has 0 bridgehead atoms. The van der Waals surface area contributed by atoms with Crippen LogP contribution < -0.4 is 10.6 Å². The van der Waals surface area contributed by atoms with Crippen LogP contribution in [0.15, 0.2) is 54.6 Å². The molecule has 0 saturated heterocycles. The van der Waals surface area contributed by atoms with Crippen molar-refractivity contribution in [3.8, 4) is 0 Å². The summed E-state index contributed by atoms with van der Waals surface area (Å²) in [6.07, 6.45) is 0. The number of rotatable bonds is 7. The van der Waals surface area contributed by atoms with Crippen molar-refractivity contribution in [1.29, 1.82) is 0 Å². The van der Waals surface area contributed by atoms with Crippen LogP contribution in [0.5, 0.6) is 0 Å². The van der Waals surface area contributed by atoms with Crippen LogP contribution in [0.25, 0.3) is 0 Å². The maximum atomic E-state index is 12.7. The molecule has 2 rings (SSSR count). The molecule has 0 saturated carbocycles. The lowest BCUT2D eigenvalue weighted by molar-refractivity contribution is -0.118. The van der Waals surface area contributed by atoms with Crippen molar-refractivity contribution in [2.45, 2.75) is 25.9 Å². The van der Waals surface area contributed by atoms with E-state index in [2.05, 4.69) is 10.6 Å². The standard InChI is InChI=1S/C19H24N2O2/c1-14-9-11-17(12-10-14)21-19(22)18(20-15(2)13-23-3)16-7-5-4-6-8-16/h4-12,15,18,20H,13H2,1-3H3,(H,21,22)/t15-,18-/m0/s1. The maximum absolute atomic E-state index is 12.7. The molecule has 23 heavy (non-hydrogen) atoms. The predicted octanol–water partition coefficient (Wildman–Crippen LogP) is 3.30. The number of amides is 1. The van der Waals surface area contributed by atoms with Crippen LogP contribution >= 0.6 is 0 Å². The van der Waals surface area contributed by atoms with Gasteiger partial charge in [-0.05, 0) is 31.5 Å². The van der Waals surface area contributed by atoms with E-state index < -0.39 is 6.04 Å². The monoisotopic (exact) mass is 312 g/mol. The van der Waals surface area contributed by atoms with Crippen LogP contribution in [0.4, 0.5) is 5.69 Å². The minimum atomic E-state index is -0.428. The number of hydrogen-bond donors (Lipinski definition) is 2. The lowest BCUT2D eigenvalue weighted by Gasteiger charge is -2.23. The van der Waals surface area contributed by atoms with Crippen LogP contribution in [0.2, 0.25) is 0 Å². The van der Waals surface area contributed by atoms with Gasteiger partial charge in [-0.3, -0.25) is 10.1 Å². The molecule has 2 aromatic rings. The summed E-state index contributed by atoms with van der Waals surface area (Å²) in [5, 5.41) is 6.30. The van der Waals surface area contributed by atoms with Gasteiger partial charge < -0.3 is 10.1 Å². The van der Waals surface area contributed by atoms with E-state index >= 15 is 0 Å². The third-order valence-electron chi connectivity index (χ3n) is 3.58. The Morgan fingerprint density at radius 2 is 1.74 bits per heavy atom. The number of hydrogen-bond acceptors (Lipinski definition) is 3. The number of nitrogens with one attached hydrogen (secondary N) is 2. The van der Waals surface area contributed by atoms with Gasteiger partial charge in [0.15, 0.2) is 0 Å². The Kier molecular flexibility index (Phi) is 6.32. The Balaban J connectivity index is 2.15. The number of methoxy groups -OCH3 is 1. The van der Waals surface area contributed by atoms with Gasteiger partial charge in [0.05, 0.1) is 6.61 Å². The number of carbonyl (C=O) groups excluding carboxylic acids is 1. The molecule has 1 amide bonds. The quantitative estimate of drug-likeness (QED) is 0.825. The van der Waals surface area contributed by atoms with Gasteiger partial charge in [-0.1, -0.05) is 48.0 Å². The summed E-state index contributed by atoms with van der Waals surface area (Å²) < 4.78 is 5.16. The largest absolute Gasteiger partial charge is 0.383 e. The predicted molar refractivity (Wildman–Crippen MR) is 93.5 cm³/mol. The third-order valence-corrected chi connectivity index (χ3v) is 3.58. The van der Waals surface area contributed by atoms with Crippen LogP contribution in [-0.4, -0.2) is 25.7 Å². The van der Waals surface area contributed by atoms with E-state index in [1.165, 1.54) is 0 Å². The molecule has 2 aromatic carbocycles. The van der Waals surface area contributed by atoms with E-state index in [4.69, 9.17) is 4.74 Å². The van der Waals surface area contributed by atoms with E-state index in [0.717, 1.165) is 16.8 Å². The van der Waals surface area contributed by atoms with Crippen LogP contribution in [0, 0.1) is 6.92 Å². The summed E-state index contributed by atoms with van der Waals surface area (Å²) in [6, 6.07) is 17.1. The van der Waals surface area contributed by atoms with E-state index in [1.807, 2.05) is 68.4 Å². The van der Waals surface area contributed by atoms with Gasteiger partial charge in [-0.2, -0.15) is 0 Å². The van der Waals surface area contributed by atoms with Crippen LogP contribution in [0.3, 0.4) is 0 Å². The number of aryl methyl sites for hydroxylation is 1. The second kappa shape index (κ2) is 8.46. The van der Waals surface area contributed by atoms with Gasteiger partial charge in [0.2, 0.25) is 5.91 Å². The molecule has 0 radical (unpaired) electrons. The molecule has 0 unspecified atom stereocenters. The first-order chi connectivity index (χ1) is 11.1. The van der Waals surface area contributed by atoms with Crippen molar-refractivity contribution in [3.05, 3.63) is 65.7 Å². The highest BCUT2D eigenvalue weighted by atomic mass is 16.5. The molecule has 2 N–H and O–H groups in total. The van der Waals surface area contributed by atoms with Crippen molar-refractivity contribution >= 4 is 11.6 Å². The van der Waals surface area contributed by atoms with Crippen LogP contribution in [0.1, 0.15) is 24.1 Å². The minimum absolute atomic E-state index is 0.0639. The normalized spacial score (nSPS) is 13.3. The smallest absolute Gasteiger partial charge is 0.246 e. The molecule has 4 heteroatoms. The van der Waals surface area contributed by atoms with Crippen molar-refractivity contribution in [2.24, 2.45) is 0 Å². The Labute approximate surface area is 137 Å². The Morgan fingerprint density at radius 1 is 1.09 bits per heavy atom. The van der Waals surface area contributed by atoms with Gasteiger partial charge >= 0.3 is 0 Å². The van der Waals surface area contributed by atoms with Crippen molar-refractivity contribution in [3.63, 3.8) is 0 Å². The van der Waals surface area contributed by atoms with Gasteiger partial charge in [-0.25, -0.2) is 0 Å². The second-order valence-electron chi connectivity index (χ2n) is 5.72. The summed E-state index contributed by atoms with van der Waals surface area (Å²) in [4.78, 5) is 12.7. The summed E-state index contributed by atoms with van der Waals surface area (Å²) in [7, 11) is 1.65. The number of carbonyl (C=O) groups is 1. The highest BCUT2D eigenvalue weighted by Crippen LogP contribution is 2.17. The zero-order valence-electron chi connectivity index (χ0n) is 13.9. The fourth-order valence-corrected chi connectivity index (χ4v) is 2.40. The van der Waals surface area contributed by atoms with Crippen molar-refractivity contribution < 1.29 is 9.53 Å².